The number of rotatable bonds is 3. The molecule has 0 fully saturated rings. The summed E-state index contributed by atoms with van der Waals surface area (Å²) in [6.07, 6.45) is 3.73. The quantitative estimate of drug-likeness (QED) is 0.825. The minimum Gasteiger partial charge on any atom is -0.369 e. The van der Waals surface area contributed by atoms with Gasteiger partial charge in [-0.2, -0.15) is 5.10 Å². The average Bonchev–Trinajstić information content (AvgIpc) is 2.77. The van der Waals surface area contributed by atoms with Crippen LogP contribution in [0.5, 0.6) is 0 Å². The Morgan fingerprint density at radius 2 is 2.00 bits per heavy atom. The van der Waals surface area contributed by atoms with Crippen molar-refractivity contribution in [3.05, 3.63) is 21.7 Å². The highest BCUT2D eigenvalue weighted by Crippen LogP contribution is 2.31. The Morgan fingerprint density at radius 3 is 2.50 bits per heavy atom. The molecule has 0 aliphatic heterocycles. The Balaban J connectivity index is 2.61. The van der Waals surface area contributed by atoms with E-state index in [0.29, 0.717) is 0 Å². The number of nitrogens with one attached hydrogen (secondary N) is 1. The van der Waals surface area contributed by atoms with Gasteiger partial charge in [0.15, 0.2) is 5.82 Å². The highest BCUT2D eigenvalue weighted by atomic mass is 127. The van der Waals surface area contributed by atoms with Crippen LogP contribution in [0.4, 0.5) is 5.82 Å². The molecule has 0 amide bonds. The molecule has 2 aromatic rings. The lowest BCUT2D eigenvalue weighted by molar-refractivity contribution is 0.564. The van der Waals surface area contributed by atoms with E-state index in [1.165, 1.54) is 0 Å². The van der Waals surface area contributed by atoms with E-state index in [4.69, 9.17) is 4.98 Å². The summed E-state index contributed by atoms with van der Waals surface area (Å²) in [7, 11) is 1.89. The van der Waals surface area contributed by atoms with Crippen LogP contribution < -0.4 is 5.32 Å². The molecule has 0 spiro atoms. The predicted molar refractivity (Wildman–Crippen MR) is 89.8 cm³/mol. The summed E-state index contributed by atoms with van der Waals surface area (Å²) in [5, 5.41) is 7.52. The van der Waals surface area contributed by atoms with E-state index in [1.807, 2.05) is 13.2 Å². The third-order valence-electron chi connectivity index (χ3n) is 2.87. The second-order valence-corrected chi connectivity index (χ2v) is 6.82. The lowest BCUT2D eigenvalue weighted by Crippen LogP contribution is -2.19. The highest BCUT2D eigenvalue weighted by Gasteiger charge is 2.23. The van der Waals surface area contributed by atoms with Gasteiger partial charge in [0, 0.05) is 25.2 Å². The van der Waals surface area contributed by atoms with Crippen molar-refractivity contribution in [3.63, 3.8) is 0 Å². The number of nitrogens with zero attached hydrogens (tertiary/aromatic N) is 4. The van der Waals surface area contributed by atoms with E-state index in [0.717, 1.165) is 33.0 Å². The maximum Gasteiger partial charge on any atom is 0.165 e. The summed E-state index contributed by atoms with van der Waals surface area (Å²) in [4.78, 5) is 9.39. The normalized spacial score (nSPS) is 11.7. The summed E-state index contributed by atoms with van der Waals surface area (Å²) in [5.41, 5.74) is 1.97. The van der Waals surface area contributed by atoms with Gasteiger partial charge in [0.2, 0.25) is 0 Å². The van der Waals surface area contributed by atoms with Crippen molar-refractivity contribution in [1.82, 2.24) is 19.7 Å². The third kappa shape index (κ3) is 3.11. The first-order valence-corrected chi connectivity index (χ1v) is 7.71. The minimum atomic E-state index is -0.0272. The molecule has 0 saturated carbocycles. The van der Waals surface area contributed by atoms with Gasteiger partial charge >= 0.3 is 0 Å². The molecule has 0 unspecified atom stereocenters. The van der Waals surface area contributed by atoms with Crippen molar-refractivity contribution in [2.75, 3.05) is 11.9 Å². The number of anilines is 1. The molecule has 0 radical (unpaired) electrons. The molecule has 0 bridgehead atoms. The number of halogens is 1. The Morgan fingerprint density at radius 1 is 1.30 bits per heavy atom. The molecule has 108 valence electrons. The van der Waals surface area contributed by atoms with Gasteiger partial charge in [0.25, 0.3) is 0 Å². The van der Waals surface area contributed by atoms with Crippen LogP contribution in [0, 0.1) is 3.57 Å². The van der Waals surface area contributed by atoms with Crippen LogP contribution in [-0.4, -0.2) is 26.3 Å². The molecule has 6 heteroatoms. The molecular formula is C14H20IN5. The van der Waals surface area contributed by atoms with Crippen LogP contribution in [0.1, 0.15) is 33.4 Å². The van der Waals surface area contributed by atoms with E-state index >= 15 is 0 Å². The molecule has 0 aromatic carbocycles. The second-order valence-electron chi connectivity index (χ2n) is 5.74. The van der Waals surface area contributed by atoms with Crippen molar-refractivity contribution in [2.45, 2.75) is 33.1 Å². The van der Waals surface area contributed by atoms with E-state index in [2.05, 4.69) is 65.7 Å². The maximum absolute atomic E-state index is 4.76. The van der Waals surface area contributed by atoms with Crippen LogP contribution in [0.2, 0.25) is 0 Å². The molecular weight excluding hydrogens is 365 g/mol. The van der Waals surface area contributed by atoms with Gasteiger partial charge in [0.05, 0.1) is 21.0 Å². The lowest BCUT2D eigenvalue weighted by atomic mass is 9.92. The zero-order chi connectivity index (χ0) is 14.9. The summed E-state index contributed by atoms with van der Waals surface area (Å²) in [6, 6.07) is 0. The lowest BCUT2D eigenvalue weighted by Gasteiger charge is -2.21. The van der Waals surface area contributed by atoms with Gasteiger partial charge in [-0.3, -0.25) is 4.68 Å². The molecule has 0 atom stereocenters. The molecule has 2 aromatic heterocycles. The molecule has 0 aliphatic rings. The van der Waals surface area contributed by atoms with Gasteiger partial charge in [-0.05, 0) is 29.5 Å². The summed E-state index contributed by atoms with van der Waals surface area (Å²) in [6.45, 7) is 9.41. The van der Waals surface area contributed by atoms with Crippen LogP contribution in [-0.2, 0) is 12.5 Å². The first-order valence-electron chi connectivity index (χ1n) is 6.64. The summed E-state index contributed by atoms with van der Waals surface area (Å²) in [5.74, 6) is 1.62. The van der Waals surface area contributed by atoms with E-state index in [9.17, 15) is 0 Å². The first kappa shape index (κ1) is 15.2. The highest BCUT2D eigenvalue weighted by molar-refractivity contribution is 14.1. The fraction of sp³-hybridized carbons (Fsp3) is 0.500. The molecule has 1 N–H and O–H groups in total. The molecule has 20 heavy (non-hydrogen) atoms. The van der Waals surface area contributed by atoms with Gasteiger partial charge in [-0.25, -0.2) is 9.97 Å². The van der Waals surface area contributed by atoms with Crippen molar-refractivity contribution < 1.29 is 0 Å². The monoisotopic (exact) mass is 385 g/mol. The standard InChI is InChI=1S/C14H20IN5/c1-6-16-13-10(15)11(14(2,3)4)18-12(19-13)9-7-17-20(5)8-9/h7-8H,6H2,1-5H3,(H,16,18,19). The van der Waals surface area contributed by atoms with E-state index in [1.54, 1.807) is 10.9 Å². The minimum absolute atomic E-state index is 0.0272. The van der Waals surface area contributed by atoms with Crippen molar-refractivity contribution >= 4 is 28.4 Å². The fourth-order valence-corrected chi connectivity index (χ4v) is 3.14. The smallest absolute Gasteiger partial charge is 0.165 e. The SMILES string of the molecule is CCNc1nc(-c2cnn(C)c2)nc(C(C)(C)C)c1I. The number of aromatic nitrogens is 4. The molecule has 2 heterocycles. The summed E-state index contributed by atoms with van der Waals surface area (Å²) < 4.78 is 2.85. The zero-order valence-corrected chi connectivity index (χ0v) is 14.7. The van der Waals surface area contributed by atoms with E-state index < -0.39 is 0 Å². The number of hydrogen-bond donors (Lipinski definition) is 1. The average molecular weight is 385 g/mol. The van der Waals surface area contributed by atoms with Crippen LogP contribution in [0.15, 0.2) is 12.4 Å². The molecule has 5 nitrogen and oxygen atoms in total. The zero-order valence-electron chi connectivity index (χ0n) is 12.5. The Labute approximate surface area is 133 Å². The number of aryl methyl sites for hydroxylation is 1. The Hall–Kier alpha value is -1.18. The van der Waals surface area contributed by atoms with Gasteiger partial charge in [0.1, 0.15) is 5.82 Å². The second kappa shape index (κ2) is 5.67. The van der Waals surface area contributed by atoms with Gasteiger partial charge in [-0.15, -0.1) is 0 Å². The van der Waals surface area contributed by atoms with Crippen LogP contribution in [0.3, 0.4) is 0 Å². The molecule has 0 saturated heterocycles. The predicted octanol–water partition coefficient (Wildman–Crippen LogP) is 3.21. The maximum atomic E-state index is 4.76. The van der Waals surface area contributed by atoms with Gasteiger partial charge < -0.3 is 5.32 Å². The topological polar surface area (TPSA) is 55.6 Å². The molecule has 2 rings (SSSR count). The first-order chi connectivity index (χ1) is 9.32. The van der Waals surface area contributed by atoms with Crippen LogP contribution in [0.25, 0.3) is 11.4 Å². The van der Waals surface area contributed by atoms with Crippen molar-refractivity contribution in [2.24, 2.45) is 7.05 Å². The fourth-order valence-electron chi connectivity index (χ4n) is 1.89. The van der Waals surface area contributed by atoms with Crippen molar-refractivity contribution in [3.8, 4) is 11.4 Å². The van der Waals surface area contributed by atoms with Crippen LogP contribution >= 0.6 is 22.6 Å². The largest absolute Gasteiger partial charge is 0.369 e. The summed E-state index contributed by atoms with van der Waals surface area (Å²) >= 11 is 2.32. The third-order valence-corrected chi connectivity index (χ3v) is 3.89. The Bertz CT molecular complexity index is 613. The number of hydrogen-bond acceptors (Lipinski definition) is 4. The Kier molecular flexibility index (Phi) is 4.31. The molecule has 0 aliphatic carbocycles. The van der Waals surface area contributed by atoms with Gasteiger partial charge in [-0.1, -0.05) is 20.8 Å². The van der Waals surface area contributed by atoms with Crippen molar-refractivity contribution in [1.29, 1.82) is 0 Å². The van der Waals surface area contributed by atoms with E-state index in [-0.39, 0.29) is 5.41 Å².